The van der Waals surface area contributed by atoms with E-state index in [4.69, 9.17) is 24.4 Å². The molecule has 0 rings (SSSR count). The molecule has 0 saturated heterocycles. The van der Waals surface area contributed by atoms with E-state index in [0.29, 0.717) is 19.8 Å². The Bertz CT molecular complexity index is 137. The predicted octanol–water partition coefficient (Wildman–Crippen LogP) is 2.33. The van der Waals surface area contributed by atoms with Crippen LogP contribution in [0.2, 0.25) is 0 Å². The summed E-state index contributed by atoms with van der Waals surface area (Å²) in [7, 11) is -2.86. The zero-order valence-electron chi connectivity index (χ0n) is 8.22. The van der Waals surface area contributed by atoms with Crippen molar-refractivity contribution in [2.24, 2.45) is 0 Å². The Kier molecular flexibility index (Phi) is 7.60. The fourth-order valence-electron chi connectivity index (χ4n) is 0.734. The first-order valence-corrected chi connectivity index (χ1v) is 7.13. The van der Waals surface area contributed by atoms with Gasteiger partial charge in [-0.3, -0.25) is 0 Å². The average molecular weight is 225 g/mol. The van der Waals surface area contributed by atoms with Crippen LogP contribution in [0, 0.1) is 0 Å². The molecule has 0 spiro atoms. The first-order valence-electron chi connectivity index (χ1n) is 4.40. The Hall–Kier alpha value is 0.127. The number of rotatable bonds is 8. The summed E-state index contributed by atoms with van der Waals surface area (Å²) in [6, 6.07) is 0. The van der Waals surface area contributed by atoms with E-state index in [1.165, 1.54) is 0 Å². The topological polar surface area (TPSA) is 27.7 Å². The lowest BCUT2D eigenvalue weighted by molar-refractivity contribution is 0.0912. The minimum absolute atomic E-state index is 0.499. The molecule has 13 heavy (non-hydrogen) atoms. The van der Waals surface area contributed by atoms with E-state index < -0.39 is 8.11 Å². The summed E-state index contributed by atoms with van der Waals surface area (Å²) < 4.78 is 15.8. The Morgan fingerprint density at radius 2 is 1.77 bits per heavy atom. The van der Waals surface area contributed by atoms with Crippen LogP contribution in [-0.4, -0.2) is 27.9 Å². The fourth-order valence-corrected chi connectivity index (χ4v) is 2.92. The van der Waals surface area contributed by atoms with Gasteiger partial charge in [0.25, 0.3) is 0 Å². The van der Waals surface area contributed by atoms with Gasteiger partial charge in [-0.15, -0.1) is 6.58 Å². The van der Waals surface area contributed by atoms with Crippen LogP contribution >= 0.6 is 11.1 Å². The van der Waals surface area contributed by atoms with E-state index in [1.807, 2.05) is 13.8 Å². The van der Waals surface area contributed by atoms with Gasteiger partial charge in [0.05, 0.1) is 0 Å². The number of hydrogen-bond acceptors (Lipinski definition) is 3. The van der Waals surface area contributed by atoms with Crippen LogP contribution in [0.15, 0.2) is 12.7 Å². The van der Waals surface area contributed by atoms with Crippen molar-refractivity contribution in [3.63, 3.8) is 0 Å². The molecule has 3 nitrogen and oxygen atoms in total. The van der Waals surface area contributed by atoms with Crippen LogP contribution < -0.4 is 0 Å². The first kappa shape index (κ1) is 13.1. The van der Waals surface area contributed by atoms with Crippen molar-refractivity contribution < 1.29 is 13.3 Å². The molecule has 0 amide bonds. The van der Waals surface area contributed by atoms with Crippen LogP contribution in [0.3, 0.4) is 0 Å². The quantitative estimate of drug-likeness (QED) is 0.274. The van der Waals surface area contributed by atoms with Gasteiger partial charge in [0.2, 0.25) is 0 Å². The second-order valence-corrected chi connectivity index (χ2v) is 5.49. The van der Waals surface area contributed by atoms with Crippen LogP contribution in [0.1, 0.15) is 20.3 Å². The lowest BCUT2D eigenvalue weighted by atomic mass is 10.5. The fraction of sp³-hybridized carbons (Fsp3) is 0.750. The smallest absolute Gasteiger partial charge is 0.362 e. The van der Waals surface area contributed by atoms with Crippen LogP contribution in [-0.2, 0) is 13.3 Å². The van der Waals surface area contributed by atoms with Crippen molar-refractivity contribution in [3.05, 3.63) is 12.7 Å². The molecule has 0 N–H and O–H groups in total. The van der Waals surface area contributed by atoms with E-state index in [1.54, 1.807) is 6.08 Å². The van der Waals surface area contributed by atoms with Crippen molar-refractivity contribution >= 4 is 19.2 Å². The van der Waals surface area contributed by atoms with Gasteiger partial charge in [-0.05, 0) is 20.3 Å². The molecule has 0 aliphatic carbocycles. The Morgan fingerprint density at radius 3 is 2.15 bits per heavy atom. The van der Waals surface area contributed by atoms with Gasteiger partial charge in [0, 0.05) is 19.8 Å². The van der Waals surface area contributed by atoms with E-state index in [2.05, 4.69) is 6.58 Å². The average Bonchev–Trinajstić information content (AvgIpc) is 2.05. The van der Waals surface area contributed by atoms with Gasteiger partial charge in [-0.1, -0.05) is 17.2 Å². The monoisotopic (exact) mass is 224 g/mol. The molecule has 0 heterocycles. The maximum Gasteiger partial charge on any atom is 0.613 e. The molecule has 5 heteroatoms. The molecule has 0 saturated carbocycles. The minimum Gasteiger partial charge on any atom is -0.362 e. The lowest BCUT2D eigenvalue weighted by Crippen LogP contribution is -2.40. The van der Waals surface area contributed by atoms with Crippen LogP contribution in [0.5, 0.6) is 0 Å². The molecule has 0 aliphatic heterocycles. The van der Waals surface area contributed by atoms with E-state index in [-0.39, 0.29) is 0 Å². The summed E-state index contributed by atoms with van der Waals surface area (Å²) in [5.41, 5.74) is 0. The van der Waals surface area contributed by atoms with Crippen molar-refractivity contribution in [2.45, 2.75) is 20.3 Å². The maximum absolute atomic E-state index is 6.01. The number of halogens is 1. The van der Waals surface area contributed by atoms with Crippen molar-refractivity contribution in [1.29, 1.82) is 0 Å². The van der Waals surface area contributed by atoms with E-state index >= 15 is 0 Å². The molecule has 0 aliphatic rings. The molecule has 0 aromatic carbocycles. The highest BCUT2D eigenvalue weighted by Gasteiger charge is 2.38. The summed E-state index contributed by atoms with van der Waals surface area (Å²) in [6.07, 6.45) is 2.52. The highest BCUT2D eigenvalue weighted by atomic mass is 35.6. The summed E-state index contributed by atoms with van der Waals surface area (Å²) >= 11 is 6.01. The SMILES string of the molecule is C=CCCO[Si](Cl)(OCC)OCC. The molecule has 0 bridgehead atoms. The van der Waals surface area contributed by atoms with Crippen LogP contribution in [0.4, 0.5) is 0 Å². The molecule has 0 aromatic heterocycles. The summed E-state index contributed by atoms with van der Waals surface area (Å²) in [6.45, 7) is 8.81. The maximum atomic E-state index is 6.01. The van der Waals surface area contributed by atoms with Gasteiger partial charge < -0.3 is 13.3 Å². The third-order valence-corrected chi connectivity index (χ3v) is 4.03. The summed E-state index contributed by atoms with van der Waals surface area (Å²) in [4.78, 5) is 0. The zero-order valence-corrected chi connectivity index (χ0v) is 9.97. The summed E-state index contributed by atoms with van der Waals surface area (Å²) in [5.74, 6) is 0. The highest BCUT2D eigenvalue weighted by Crippen LogP contribution is 2.14. The van der Waals surface area contributed by atoms with Crippen molar-refractivity contribution in [2.75, 3.05) is 19.8 Å². The van der Waals surface area contributed by atoms with Gasteiger partial charge in [-0.25, -0.2) is 0 Å². The Morgan fingerprint density at radius 1 is 1.23 bits per heavy atom. The molecular formula is C8H17ClO3Si. The standard InChI is InChI=1S/C8H17ClO3Si/c1-4-7-8-12-13(9,10-5-2)11-6-3/h4H,1,5-8H2,2-3H3. The van der Waals surface area contributed by atoms with Gasteiger partial charge in [-0.2, -0.15) is 0 Å². The Labute approximate surface area is 85.7 Å². The summed E-state index contributed by atoms with van der Waals surface area (Å²) in [5, 5.41) is 0. The van der Waals surface area contributed by atoms with Crippen molar-refractivity contribution in [1.82, 2.24) is 0 Å². The molecule has 0 aromatic rings. The largest absolute Gasteiger partial charge is 0.613 e. The van der Waals surface area contributed by atoms with Crippen molar-refractivity contribution in [3.8, 4) is 0 Å². The number of hydrogen-bond donors (Lipinski definition) is 0. The molecule has 0 atom stereocenters. The first-order chi connectivity index (χ1) is 6.18. The third kappa shape index (κ3) is 6.23. The van der Waals surface area contributed by atoms with Gasteiger partial charge >= 0.3 is 8.11 Å². The predicted molar refractivity (Wildman–Crippen MR) is 55.6 cm³/mol. The second-order valence-electron chi connectivity index (χ2n) is 2.27. The third-order valence-electron chi connectivity index (χ3n) is 1.23. The van der Waals surface area contributed by atoms with E-state index in [0.717, 1.165) is 6.42 Å². The lowest BCUT2D eigenvalue weighted by Gasteiger charge is -2.21. The molecule has 0 radical (unpaired) electrons. The molecule has 0 fully saturated rings. The Balaban J connectivity index is 3.83. The normalized spacial score (nSPS) is 11.6. The van der Waals surface area contributed by atoms with Gasteiger partial charge in [0.1, 0.15) is 0 Å². The molecule has 0 unspecified atom stereocenters. The van der Waals surface area contributed by atoms with E-state index in [9.17, 15) is 0 Å². The minimum atomic E-state index is -2.86. The van der Waals surface area contributed by atoms with Gasteiger partial charge in [0.15, 0.2) is 0 Å². The zero-order chi connectivity index (χ0) is 10.2. The molecular weight excluding hydrogens is 208 g/mol. The second kappa shape index (κ2) is 7.52. The highest BCUT2D eigenvalue weighted by molar-refractivity contribution is 7.09. The van der Waals surface area contributed by atoms with Crippen LogP contribution in [0.25, 0.3) is 0 Å². The molecule has 78 valence electrons.